The highest BCUT2D eigenvalue weighted by Gasteiger charge is 2.52. The molecule has 0 unspecified atom stereocenters. The summed E-state index contributed by atoms with van der Waals surface area (Å²) in [5.74, 6) is 6.60. The lowest BCUT2D eigenvalue weighted by molar-refractivity contribution is 0.00578. The average Bonchev–Trinajstić information content (AvgIpc) is 1.65. The van der Waals surface area contributed by atoms with Gasteiger partial charge in [-0.05, 0) is 97.3 Å². The molecule has 16 aromatic rings. The van der Waals surface area contributed by atoms with Crippen molar-refractivity contribution in [2.24, 2.45) is 0 Å². The second-order valence-electron chi connectivity index (χ2n) is 26.3. The van der Waals surface area contributed by atoms with Gasteiger partial charge in [0.05, 0.1) is 11.2 Å². The van der Waals surface area contributed by atoms with Crippen LogP contribution in [0.5, 0.6) is 0 Å². The molecule has 109 heavy (non-hydrogen) atoms. The van der Waals surface area contributed by atoms with Crippen molar-refractivity contribution in [1.82, 2.24) is 59.8 Å². The Bertz CT molecular complexity index is 5530. The van der Waals surface area contributed by atoms with Crippen molar-refractivity contribution in [3.05, 3.63) is 343 Å². The number of hydrogen-bond acceptors (Lipinski definition) is 14. The molecular weight excluding hydrogens is 1410 g/mol. The minimum absolute atomic E-state index is 0. The minimum Gasteiger partial charge on any atom is -0.399 e. The van der Waals surface area contributed by atoms with Gasteiger partial charge in [-0.3, -0.25) is 0 Å². The van der Waals surface area contributed by atoms with Crippen LogP contribution in [0.1, 0.15) is 35.1 Å². The maximum Gasteiger partial charge on any atom is 0.495 e. The SMILES string of the molecule is C.CC1(C)OB(c2ccc(Cl)cc2-c2ccc(-c3nc(-c4ccccc4)nc(-c4ccccc4)n3)cc2)OC1(C)C.Clc1ccc(-c2nc(-c3ccccc3)nc(-c3ccccc3)n2)c(-c2ccc(-c3nc(-c4ccccc4)nc(-c4ccccc4)n3)cc2)c1.Clc1nc(-c2ccccc2)nc(-c2ccccc2)n1. The monoisotopic (exact) mass is 1480 g/mol. The van der Waals surface area contributed by atoms with Gasteiger partial charge in [-0.1, -0.05) is 328 Å². The van der Waals surface area contributed by atoms with E-state index in [1.807, 2.05) is 303 Å². The maximum atomic E-state index is 6.61. The van der Waals surface area contributed by atoms with Gasteiger partial charge < -0.3 is 9.31 Å². The quantitative estimate of drug-likeness (QED) is 0.0941. The molecule has 0 amide bonds. The van der Waals surface area contributed by atoms with E-state index in [0.29, 0.717) is 74.1 Å². The molecule has 12 aromatic carbocycles. The molecule has 530 valence electrons. The van der Waals surface area contributed by atoms with Gasteiger partial charge in [0.2, 0.25) is 5.28 Å². The molecule has 0 bridgehead atoms. The Morgan fingerprint density at radius 2 is 0.431 bits per heavy atom. The normalized spacial score (nSPS) is 12.5. The molecule has 0 radical (unpaired) electrons. The van der Waals surface area contributed by atoms with Gasteiger partial charge in [0.1, 0.15) is 0 Å². The van der Waals surface area contributed by atoms with E-state index in [9.17, 15) is 0 Å². The summed E-state index contributed by atoms with van der Waals surface area (Å²) in [7, 11) is -0.498. The molecule has 18 heteroatoms. The lowest BCUT2D eigenvalue weighted by Crippen LogP contribution is -2.41. The molecule has 0 spiro atoms. The van der Waals surface area contributed by atoms with E-state index in [2.05, 4.69) is 66.9 Å². The fourth-order valence-corrected chi connectivity index (χ4v) is 12.6. The van der Waals surface area contributed by atoms with Crippen LogP contribution >= 0.6 is 34.8 Å². The van der Waals surface area contributed by atoms with Crippen LogP contribution in [-0.2, 0) is 9.31 Å². The van der Waals surface area contributed by atoms with E-state index in [1.165, 1.54) is 0 Å². The molecule has 1 aliphatic heterocycles. The summed E-state index contributed by atoms with van der Waals surface area (Å²) < 4.78 is 12.7. The predicted molar refractivity (Wildman–Crippen MR) is 441 cm³/mol. The standard InChI is InChI=1S/C42H27ClN6.C33H29BClN3O2.C15H10ClN3.CH4/c43-34-25-26-35(42-48-39(31-17-9-3-10-18-31)47-40(49-42)32-19-11-4-12-20-32)36(27-34)28-21-23-33(24-22-28)41-45-37(29-13-5-1-6-14-29)44-38(46-41)30-15-7-2-8-16-30;1-32(2)33(3,4)40-34(39-32)28-20-19-26(35)21-27(28)22-15-17-25(18-16-22)31-37-29(23-11-7-5-8-12-23)36-30(38-31)24-13-9-6-10-14-24;16-15-18-13(11-7-3-1-4-8-11)17-14(19-15)12-9-5-2-6-10-12;/h1-27H;5-21H,1-4H3;1-10H;1H4. The van der Waals surface area contributed by atoms with Gasteiger partial charge >= 0.3 is 7.12 Å². The number of aromatic nitrogens is 12. The largest absolute Gasteiger partial charge is 0.495 e. The van der Waals surface area contributed by atoms with Crippen LogP contribution in [0.15, 0.2) is 328 Å². The molecule has 5 heterocycles. The fourth-order valence-electron chi connectivity index (χ4n) is 12.1. The summed E-state index contributed by atoms with van der Waals surface area (Å²) in [4.78, 5) is 56.7. The zero-order valence-corrected chi connectivity index (χ0v) is 61.3. The van der Waals surface area contributed by atoms with Crippen molar-refractivity contribution in [2.45, 2.75) is 46.3 Å². The predicted octanol–water partition coefficient (Wildman–Crippen LogP) is 22.4. The van der Waals surface area contributed by atoms with E-state index in [0.717, 1.165) is 88.9 Å². The number of rotatable bonds is 14. The Balaban J connectivity index is 0.000000148. The Morgan fingerprint density at radius 3 is 0.706 bits per heavy atom. The molecule has 0 atom stereocenters. The second-order valence-corrected chi connectivity index (χ2v) is 27.5. The molecule has 14 nitrogen and oxygen atoms in total. The van der Waals surface area contributed by atoms with E-state index in [1.54, 1.807) is 0 Å². The molecule has 0 saturated carbocycles. The summed E-state index contributed by atoms with van der Waals surface area (Å²) in [6.07, 6.45) is 0. The molecule has 4 aromatic heterocycles. The highest BCUT2D eigenvalue weighted by molar-refractivity contribution is 6.64. The summed E-state index contributed by atoms with van der Waals surface area (Å²) in [6, 6.07) is 107. The summed E-state index contributed by atoms with van der Waals surface area (Å²) in [5, 5.41) is 1.46. The van der Waals surface area contributed by atoms with Crippen LogP contribution in [0.3, 0.4) is 0 Å². The van der Waals surface area contributed by atoms with Crippen molar-refractivity contribution in [3.8, 4) is 148 Å². The number of benzene rings is 12. The van der Waals surface area contributed by atoms with Crippen LogP contribution < -0.4 is 5.46 Å². The first-order chi connectivity index (χ1) is 52.7. The summed E-state index contributed by atoms with van der Waals surface area (Å²) in [5.41, 5.74) is 13.8. The van der Waals surface area contributed by atoms with Crippen molar-refractivity contribution in [2.75, 3.05) is 0 Å². The first-order valence-corrected chi connectivity index (χ1v) is 36.1. The van der Waals surface area contributed by atoms with Gasteiger partial charge in [0, 0.05) is 71.2 Å². The topological polar surface area (TPSA) is 173 Å². The first-order valence-electron chi connectivity index (χ1n) is 35.0. The van der Waals surface area contributed by atoms with Crippen LogP contribution in [0.25, 0.3) is 148 Å². The maximum absolute atomic E-state index is 6.61. The molecule has 1 saturated heterocycles. The Labute approximate surface area is 649 Å². The van der Waals surface area contributed by atoms with Gasteiger partial charge in [-0.2, -0.15) is 9.97 Å². The summed E-state index contributed by atoms with van der Waals surface area (Å²) in [6.45, 7) is 8.22. The van der Waals surface area contributed by atoms with Crippen molar-refractivity contribution < 1.29 is 9.31 Å². The first kappa shape index (κ1) is 73.4. The number of hydrogen-bond donors (Lipinski definition) is 0. The highest BCUT2D eigenvalue weighted by atomic mass is 35.5. The van der Waals surface area contributed by atoms with E-state index in [-0.39, 0.29) is 12.7 Å². The minimum atomic E-state index is -0.498. The van der Waals surface area contributed by atoms with Crippen LogP contribution in [0, 0.1) is 0 Å². The van der Waals surface area contributed by atoms with Gasteiger partial charge in [-0.15, -0.1) is 0 Å². The number of halogens is 3. The molecule has 0 N–H and O–H groups in total. The van der Waals surface area contributed by atoms with Crippen LogP contribution in [0.2, 0.25) is 15.3 Å². The average molecular weight is 1480 g/mol. The third kappa shape index (κ3) is 17.2. The lowest BCUT2D eigenvalue weighted by atomic mass is 9.74. The lowest BCUT2D eigenvalue weighted by Gasteiger charge is -2.32. The fraction of sp³-hybridized carbons (Fsp3) is 0.0769. The van der Waals surface area contributed by atoms with E-state index < -0.39 is 18.3 Å². The van der Waals surface area contributed by atoms with Gasteiger partial charge in [-0.25, -0.2) is 49.8 Å². The van der Waals surface area contributed by atoms with Crippen molar-refractivity contribution in [1.29, 1.82) is 0 Å². The van der Waals surface area contributed by atoms with E-state index in [4.69, 9.17) is 89.0 Å². The van der Waals surface area contributed by atoms with Crippen LogP contribution in [0.4, 0.5) is 0 Å². The van der Waals surface area contributed by atoms with Crippen molar-refractivity contribution in [3.63, 3.8) is 0 Å². The Hall–Kier alpha value is -12.5. The zero-order chi connectivity index (χ0) is 74.0. The third-order valence-electron chi connectivity index (χ3n) is 18.4. The third-order valence-corrected chi connectivity index (χ3v) is 19.1. The zero-order valence-electron chi connectivity index (χ0n) is 59.1. The van der Waals surface area contributed by atoms with Gasteiger partial charge in [0.25, 0.3) is 0 Å². The molecular formula is C91H70BCl3N12O2. The van der Waals surface area contributed by atoms with Gasteiger partial charge in [0.15, 0.2) is 64.1 Å². The Kier molecular flexibility index (Phi) is 22.3. The summed E-state index contributed by atoms with van der Waals surface area (Å²) >= 11 is 19.0. The Morgan fingerprint density at radius 1 is 0.220 bits per heavy atom. The van der Waals surface area contributed by atoms with Crippen molar-refractivity contribution >= 4 is 47.4 Å². The molecule has 1 aliphatic rings. The molecule has 1 fully saturated rings. The molecule has 17 rings (SSSR count). The molecule has 0 aliphatic carbocycles. The van der Waals surface area contributed by atoms with Crippen LogP contribution in [-0.4, -0.2) is 78.1 Å². The second kappa shape index (κ2) is 33.1. The highest BCUT2D eigenvalue weighted by Crippen LogP contribution is 2.40. The number of nitrogens with zero attached hydrogens (tertiary/aromatic N) is 12. The van der Waals surface area contributed by atoms with E-state index >= 15 is 0 Å². The smallest absolute Gasteiger partial charge is 0.399 e.